The Hall–Kier alpha value is -3.39. The van der Waals surface area contributed by atoms with E-state index in [1.807, 2.05) is 48.5 Å². The molecule has 0 aliphatic carbocycles. The van der Waals surface area contributed by atoms with Gasteiger partial charge in [0.2, 0.25) is 5.91 Å². The fraction of sp³-hybridized carbons (Fsp3) is 0.400. The maximum Gasteiger partial charge on any atom is 0.327 e. The second-order valence-corrected chi connectivity index (χ2v) is 8.77. The predicted molar refractivity (Wildman–Crippen MR) is 125 cm³/mol. The van der Waals surface area contributed by atoms with E-state index in [0.717, 1.165) is 42.2 Å². The zero-order valence-electron chi connectivity index (χ0n) is 19.3. The number of imide groups is 1. The Balaban J connectivity index is 1.38. The molecule has 2 aromatic carbocycles. The number of piperidine rings is 1. The summed E-state index contributed by atoms with van der Waals surface area (Å²) >= 11 is 0. The SMILES string of the molecule is COc1ccc(CN2C(=O)N(C)C3(CCN(Cc4ccc(NC(C)=O)cc4)CC3)C2=O)cc1. The summed E-state index contributed by atoms with van der Waals surface area (Å²) in [4.78, 5) is 42.9. The van der Waals surface area contributed by atoms with Gasteiger partial charge in [0, 0.05) is 39.3 Å². The third-order valence-electron chi connectivity index (χ3n) is 6.67. The first-order valence-corrected chi connectivity index (χ1v) is 11.1. The molecule has 0 bridgehead atoms. The van der Waals surface area contributed by atoms with Gasteiger partial charge >= 0.3 is 6.03 Å². The molecule has 0 unspecified atom stereocenters. The molecule has 0 aromatic heterocycles. The summed E-state index contributed by atoms with van der Waals surface area (Å²) in [6, 6.07) is 15.0. The van der Waals surface area contributed by atoms with Gasteiger partial charge in [-0.3, -0.25) is 19.4 Å². The van der Waals surface area contributed by atoms with Crippen molar-refractivity contribution in [3.05, 3.63) is 59.7 Å². The summed E-state index contributed by atoms with van der Waals surface area (Å²) in [5.41, 5.74) is 2.04. The normalized spacial score (nSPS) is 18.2. The van der Waals surface area contributed by atoms with E-state index in [4.69, 9.17) is 4.74 Å². The first kappa shape index (κ1) is 22.8. The van der Waals surface area contributed by atoms with Crippen molar-refractivity contribution in [2.45, 2.75) is 38.4 Å². The van der Waals surface area contributed by atoms with Crippen LogP contribution in [0, 0.1) is 0 Å². The summed E-state index contributed by atoms with van der Waals surface area (Å²) < 4.78 is 5.19. The largest absolute Gasteiger partial charge is 0.497 e. The Labute approximate surface area is 194 Å². The van der Waals surface area contributed by atoms with Gasteiger partial charge in [0.1, 0.15) is 11.3 Å². The van der Waals surface area contributed by atoms with Crippen LogP contribution >= 0.6 is 0 Å². The number of amides is 4. The van der Waals surface area contributed by atoms with Gasteiger partial charge in [-0.15, -0.1) is 0 Å². The third kappa shape index (κ3) is 4.57. The second kappa shape index (κ2) is 9.23. The molecular formula is C25H30N4O4. The molecule has 2 aliphatic heterocycles. The summed E-state index contributed by atoms with van der Waals surface area (Å²) in [6.07, 6.45) is 1.22. The van der Waals surface area contributed by atoms with Crippen LogP contribution in [0.3, 0.4) is 0 Å². The van der Waals surface area contributed by atoms with Gasteiger partial charge < -0.3 is 15.0 Å². The number of nitrogens with zero attached hydrogens (tertiary/aromatic N) is 3. The molecule has 4 rings (SSSR count). The monoisotopic (exact) mass is 450 g/mol. The Morgan fingerprint density at radius 1 is 0.970 bits per heavy atom. The zero-order chi connectivity index (χ0) is 23.6. The van der Waals surface area contributed by atoms with E-state index in [1.165, 1.54) is 11.8 Å². The van der Waals surface area contributed by atoms with Crippen LogP contribution in [0.5, 0.6) is 5.75 Å². The molecule has 33 heavy (non-hydrogen) atoms. The highest BCUT2D eigenvalue weighted by molar-refractivity contribution is 6.07. The van der Waals surface area contributed by atoms with E-state index in [0.29, 0.717) is 12.8 Å². The highest BCUT2D eigenvalue weighted by atomic mass is 16.5. The lowest BCUT2D eigenvalue weighted by atomic mass is 9.86. The highest BCUT2D eigenvalue weighted by Crippen LogP contribution is 2.37. The molecule has 4 amide bonds. The van der Waals surface area contributed by atoms with E-state index in [-0.39, 0.29) is 24.4 Å². The van der Waals surface area contributed by atoms with Crippen molar-refractivity contribution in [1.29, 1.82) is 0 Å². The summed E-state index contributed by atoms with van der Waals surface area (Å²) in [5, 5.41) is 2.77. The van der Waals surface area contributed by atoms with Crippen LogP contribution in [-0.4, -0.2) is 65.3 Å². The van der Waals surface area contributed by atoms with Crippen LogP contribution in [0.1, 0.15) is 30.9 Å². The second-order valence-electron chi connectivity index (χ2n) is 8.77. The van der Waals surface area contributed by atoms with Gasteiger partial charge in [0.25, 0.3) is 5.91 Å². The number of carbonyl (C=O) groups is 3. The van der Waals surface area contributed by atoms with Crippen molar-refractivity contribution in [2.75, 3.05) is 32.6 Å². The molecule has 2 saturated heterocycles. The van der Waals surface area contributed by atoms with Crippen molar-refractivity contribution in [1.82, 2.24) is 14.7 Å². The average molecular weight is 451 g/mol. The van der Waals surface area contributed by atoms with E-state index < -0.39 is 5.54 Å². The van der Waals surface area contributed by atoms with Crippen LogP contribution < -0.4 is 10.1 Å². The maximum atomic E-state index is 13.4. The number of nitrogens with one attached hydrogen (secondary N) is 1. The van der Waals surface area contributed by atoms with E-state index in [1.54, 1.807) is 19.1 Å². The molecule has 174 valence electrons. The molecule has 2 aliphatic rings. The topological polar surface area (TPSA) is 82.2 Å². The molecule has 8 heteroatoms. The van der Waals surface area contributed by atoms with Crippen LogP contribution in [0.4, 0.5) is 10.5 Å². The Morgan fingerprint density at radius 3 is 2.12 bits per heavy atom. The average Bonchev–Trinajstić information content (AvgIpc) is 2.98. The maximum absolute atomic E-state index is 13.4. The quantitative estimate of drug-likeness (QED) is 0.684. The van der Waals surface area contributed by atoms with Crippen LogP contribution in [0.2, 0.25) is 0 Å². The summed E-state index contributed by atoms with van der Waals surface area (Å²) in [7, 11) is 3.35. The number of urea groups is 1. The molecule has 0 atom stereocenters. The number of likely N-dealkylation sites (N-methyl/N-ethyl adjacent to an activating group) is 1. The number of methoxy groups -OCH3 is 1. The van der Waals surface area contributed by atoms with E-state index in [2.05, 4.69) is 10.2 Å². The number of likely N-dealkylation sites (tertiary alicyclic amines) is 1. The van der Waals surface area contributed by atoms with Crippen LogP contribution in [0.15, 0.2) is 48.5 Å². The Kier molecular flexibility index (Phi) is 6.37. The van der Waals surface area contributed by atoms with Crippen molar-refractivity contribution in [3.8, 4) is 5.75 Å². The lowest BCUT2D eigenvalue weighted by Gasteiger charge is -2.40. The van der Waals surface area contributed by atoms with Crippen molar-refractivity contribution >= 4 is 23.5 Å². The lowest BCUT2D eigenvalue weighted by Crippen LogP contribution is -2.55. The fourth-order valence-corrected chi connectivity index (χ4v) is 4.68. The van der Waals surface area contributed by atoms with Crippen LogP contribution in [0.25, 0.3) is 0 Å². The van der Waals surface area contributed by atoms with Gasteiger partial charge in [-0.2, -0.15) is 0 Å². The van der Waals surface area contributed by atoms with Gasteiger partial charge in [-0.05, 0) is 48.2 Å². The Morgan fingerprint density at radius 2 is 1.55 bits per heavy atom. The number of hydrogen-bond donors (Lipinski definition) is 1. The number of hydrogen-bond acceptors (Lipinski definition) is 5. The van der Waals surface area contributed by atoms with Crippen molar-refractivity contribution < 1.29 is 19.1 Å². The van der Waals surface area contributed by atoms with Crippen LogP contribution in [-0.2, 0) is 22.7 Å². The van der Waals surface area contributed by atoms with E-state index in [9.17, 15) is 14.4 Å². The molecule has 0 radical (unpaired) electrons. The number of anilines is 1. The van der Waals surface area contributed by atoms with E-state index >= 15 is 0 Å². The minimum Gasteiger partial charge on any atom is -0.497 e. The summed E-state index contributed by atoms with van der Waals surface area (Å²) in [6.45, 7) is 3.97. The number of ether oxygens (including phenoxy) is 1. The van der Waals surface area contributed by atoms with Gasteiger partial charge in [0.15, 0.2) is 0 Å². The zero-order valence-corrected chi connectivity index (χ0v) is 19.3. The first-order chi connectivity index (χ1) is 15.8. The summed E-state index contributed by atoms with van der Waals surface area (Å²) in [5.74, 6) is 0.540. The minimum absolute atomic E-state index is 0.0926. The molecule has 2 fully saturated rings. The predicted octanol–water partition coefficient (Wildman–Crippen LogP) is 3.08. The fourth-order valence-electron chi connectivity index (χ4n) is 4.68. The van der Waals surface area contributed by atoms with Gasteiger partial charge in [-0.25, -0.2) is 4.79 Å². The number of rotatable bonds is 6. The highest BCUT2D eigenvalue weighted by Gasteiger charge is 2.56. The number of benzene rings is 2. The standard InChI is InChI=1S/C25H30N4O4/c1-18(30)26-21-8-4-19(5-9-21)16-28-14-12-25(13-15-28)23(31)29(24(32)27(25)2)17-20-6-10-22(33-3)11-7-20/h4-11H,12-17H2,1-3H3,(H,26,30). The molecule has 2 aromatic rings. The Bertz CT molecular complexity index is 1030. The van der Waals surface area contributed by atoms with Gasteiger partial charge in [0.05, 0.1) is 13.7 Å². The molecule has 0 saturated carbocycles. The molecule has 1 N–H and O–H groups in total. The number of carbonyl (C=O) groups excluding carboxylic acids is 3. The minimum atomic E-state index is -0.769. The smallest absolute Gasteiger partial charge is 0.327 e. The molecule has 8 nitrogen and oxygen atoms in total. The van der Waals surface area contributed by atoms with Crippen molar-refractivity contribution in [3.63, 3.8) is 0 Å². The molecule has 1 spiro atoms. The molecular weight excluding hydrogens is 420 g/mol. The third-order valence-corrected chi connectivity index (χ3v) is 6.67. The van der Waals surface area contributed by atoms with Crippen molar-refractivity contribution in [2.24, 2.45) is 0 Å². The van der Waals surface area contributed by atoms with Gasteiger partial charge in [-0.1, -0.05) is 24.3 Å². The lowest BCUT2D eigenvalue weighted by molar-refractivity contribution is -0.135. The first-order valence-electron chi connectivity index (χ1n) is 11.1. The molecule has 2 heterocycles.